The van der Waals surface area contributed by atoms with E-state index in [2.05, 4.69) is 9.98 Å². The topological polar surface area (TPSA) is 87.9 Å². The van der Waals surface area contributed by atoms with Gasteiger partial charge in [0.25, 0.3) is 5.91 Å². The van der Waals surface area contributed by atoms with E-state index in [1.54, 1.807) is 37.3 Å². The molecule has 88 valence electrons. The van der Waals surface area contributed by atoms with Crippen molar-refractivity contribution in [3.05, 3.63) is 35.9 Å². The summed E-state index contributed by atoms with van der Waals surface area (Å²) >= 11 is 0. The van der Waals surface area contributed by atoms with Gasteiger partial charge in [0.05, 0.1) is 6.02 Å². The Kier molecular flexibility index (Phi) is 9.02. The molecule has 0 fully saturated rings. The maximum Gasteiger partial charge on any atom is 1.00 e. The Morgan fingerprint density at radius 1 is 1.11 bits per heavy atom. The van der Waals surface area contributed by atoms with Crippen molar-refractivity contribution in [2.45, 2.75) is 18.8 Å². The monoisotopic (exact) mass is 308 g/mol. The Morgan fingerprint density at radius 2 is 1.68 bits per heavy atom. The third-order valence-corrected chi connectivity index (χ3v) is 2.92. The predicted molar refractivity (Wildman–Crippen MR) is 58.3 cm³/mol. The fourth-order valence-electron chi connectivity index (χ4n) is 1.96. The van der Waals surface area contributed by atoms with Gasteiger partial charge >= 0.3 is 103 Å². The smallest absolute Gasteiger partial charge is 0.861 e. The summed E-state index contributed by atoms with van der Waals surface area (Å²) in [4.78, 5) is 18.4. The van der Waals surface area contributed by atoms with Crippen LogP contribution in [0.1, 0.15) is 18.9 Å². The van der Waals surface area contributed by atoms with Gasteiger partial charge in [-0.15, -0.1) is 0 Å². The Labute approximate surface area is 196 Å². The van der Waals surface area contributed by atoms with E-state index >= 15 is 0 Å². The predicted octanol–water partition coefficient (Wildman–Crippen LogP) is -6.64. The van der Waals surface area contributed by atoms with Gasteiger partial charge in [-0.3, -0.25) is 9.79 Å². The number of carbonyl (C=O) groups is 1. The molecule has 0 aromatic heterocycles. The molecule has 0 aliphatic carbocycles. The number of nitrogens with zero attached hydrogens (tertiary/aromatic N) is 2. The largest absolute Gasteiger partial charge is 1.00 e. The maximum atomic E-state index is 11.9. The summed E-state index contributed by atoms with van der Waals surface area (Å²) in [5.74, 6) is -1.45. The van der Waals surface area contributed by atoms with Crippen molar-refractivity contribution in [2.24, 2.45) is 9.98 Å². The molecule has 5 nitrogen and oxygen atoms in total. The quantitative estimate of drug-likeness (QED) is 0.509. The van der Waals surface area contributed by atoms with Gasteiger partial charge in [0.15, 0.2) is 0 Å². The minimum Gasteiger partial charge on any atom is -0.861 e. The molecule has 0 N–H and O–H groups in total. The van der Waals surface area contributed by atoms with E-state index in [0.29, 0.717) is 5.56 Å². The van der Waals surface area contributed by atoms with Crippen molar-refractivity contribution < 1.29 is 118 Å². The van der Waals surface area contributed by atoms with E-state index in [4.69, 9.17) is 0 Å². The molecule has 1 heterocycles. The molecule has 1 aromatic carbocycles. The average Bonchev–Trinajstić information content (AvgIpc) is 2.30. The minimum atomic E-state index is -1.42. The van der Waals surface area contributed by atoms with Crippen LogP contribution in [0.15, 0.2) is 40.3 Å². The number of hydrogen-bond acceptors (Lipinski definition) is 4. The first-order valence-corrected chi connectivity index (χ1v) is 5.23. The van der Waals surface area contributed by atoms with Crippen LogP contribution in [0.25, 0.3) is 0 Å². The SMILES string of the molecule is CCC1(c2ccccc2)C(=O)N=C([O-])N=C1[O-].[K+].[K+]. The second-order valence-corrected chi connectivity index (χ2v) is 3.74. The van der Waals surface area contributed by atoms with E-state index in [9.17, 15) is 15.0 Å². The van der Waals surface area contributed by atoms with Gasteiger partial charge in [0, 0.05) is 0 Å². The molecule has 0 spiro atoms. The average molecular weight is 308 g/mol. The van der Waals surface area contributed by atoms with Gasteiger partial charge in [-0.25, -0.2) is 4.99 Å². The van der Waals surface area contributed by atoms with Gasteiger partial charge in [-0.2, -0.15) is 0 Å². The molecule has 1 aliphatic rings. The van der Waals surface area contributed by atoms with Gasteiger partial charge in [-0.05, 0) is 17.9 Å². The Balaban J connectivity index is 0.00000162. The zero-order chi connectivity index (χ0) is 12.5. The zero-order valence-electron chi connectivity index (χ0n) is 11.2. The molecular formula is C12H10K2N2O3. The molecule has 1 aromatic rings. The first kappa shape index (κ1) is 20.1. The molecule has 0 saturated carbocycles. The number of amidine groups is 1. The first-order valence-electron chi connectivity index (χ1n) is 5.23. The van der Waals surface area contributed by atoms with Crippen LogP contribution >= 0.6 is 0 Å². The summed E-state index contributed by atoms with van der Waals surface area (Å²) < 4.78 is 0. The van der Waals surface area contributed by atoms with Crippen molar-refractivity contribution in [1.29, 1.82) is 0 Å². The number of carbonyl (C=O) groups excluding carboxylic acids is 1. The number of benzene rings is 1. The van der Waals surface area contributed by atoms with Gasteiger partial charge in [-0.1, -0.05) is 37.3 Å². The van der Waals surface area contributed by atoms with E-state index in [1.165, 1.54) is 0 Å². The molecule has 1 unspecified atom stereocenters. The number of amides is 1. The van der Waals surface area contributed by atoms with E-state index < -0.39 is 23.2 Å². The third kappa shape index (κ3) is 3.85. The Hall–Kier alpha value is 1.10. The van der Waals surface area contributed by atoms with Crippen molar-refractivity contribution >= 4 is 17.8 Å². The molecule has 0 bridgehead atoms. The van der Waals surface area contributed by atoms with Crippen molar-refractivity contribution in [2.75, 3.05) is 0 Å². The van der Waals surface area contributed by atoms with Crippen LogP contribution in [-0.2, 0) is 10.2 Å². The van der Waals surface area contributed by atoms with E-state index in [-0.39, 0.29) is 109 Å². The fraction of sp³-hybridized carbons (Fsp3) is 0.250. The Morgan fingerprint density at radius 3 is 2.16 bits per heavy atom. The number of aliphatic imine (C=N–C) groups is 2. The summed E-state index contributed by atoms with van der Waals surface area (Å²) in [5, 5.41) is 22.8. The second kappa shape index (κ2) is 8.52. The van der Waals surface area contributed by atoms with Crippen molar-refractivity contribution in [3.63, 3.8) is 0 Å². The summed E-state index contributed by atoms with van der Waals surface area (Å²) in [7, 11) is 0. The van der Waals surface area contributed by atoms with Crippen molar-refractivity contribution in [1.82, 2.24) is 0 Å². The van der Waals surface area contributed by atoms with Gasteiger partial charge in [0.1, 0.15) is 5.41 Å². The molecule has 1 aliphatic heterocycles. The molecule has 19 heavy (non-hydrogen) atoms. The minimum absolute atomic E-state index is 0. The van der Waals surface area contributed by atoms with Crippen LogP contribution in [-0.4, -0.2) is 17.8 Å². The molecule has 1 amide bonds. The van der Waals surface area contributed by atoms with Crippen LogP contribution in [0.4, 0.5) is 0 Å². The molecule has 0 saturated heterocycles. The number of hydrogen-bond donors (Lipinski definition) is 0. The fourth-order valence-corrected chi connectivity index (χ4v) is 1.96. The van der Waals surface area contributed by atoms with Crippen LogP contribution in [0.3, 0.4) is 0 Å². The van der Waals surface area contributed by atoms with Gasteiger partial charge < -0.3 is 10.2 Å². The zero-order valence-corrected chi connectivity index (χ0v) is 17.5. The second-order valence-electron chi connectivity index (χ2n) is 3.74. The first-order chi connectivity index (χ1) is 8.11. The van der Waals surface area contributed by atoms with E-state index in [1.807, 2.05) is 0 Å². The standard InChI is InChI=1S/C12H12N2O3.2K/c1-2-12(8-6-4-3-5-7-8)9(15)13-11(17)14-10(12)16;;/h3-7H,2H2,1H3,(H2,13,14,15,16,17);;/q;2*+1/p-2. The molecule has 2 rings (SSSR count). The van der Waals surface area contributed by atoms with Crippen molar-refractivity contribution in [3.8, 4) is 0 Å². The Bertz CT molecular complexity index is 517. The summed E-state index contributed by atoms with van der Waals surface area (Å²) in [6, 6.07) is 7.55. The molecule has 1 atom stereocenters. The summed E-state index contributed by atoms with van der Waals surface area (Å²) in [6.07, 6.45) is 0.231. The summed E-state index contributed by atoms with van der Waals surface area (Å²) in [6.45, 7) is 1.70. The van der Waals surface area contributed by atoms with Crippen LogP contribution in [0, 0.1) is 0 Å². The van der Waals surface area contributed by atoms with E-state index in [0.717, 1.165) is 0 Å². The van der Waals surface area contributed by atoms with Crippen LogP contribution < -0.4 is 113 Å². The normalized spacial score (nSPS) is 21.6. The molecule has 0 radical (unpaired) electrons. The number of rotatable bonds is 2. The molecular weight excluding hydrogens is 298 g/mol. The van der Waals surface area contributed by atoms with Gasteiger partial charge in [0.2, 0.25) is 0 Å². The van der Waals surface area contributed by atoms with Crippen LogP contribution in [0.5, 0.6) is 0 Å². The van der Waals surface area contributed by atoms with Crippen LogP contribution in [0.2, 0.25) is 0 Å². The third-order valence-electron chi connectivity index (χ3n) is 2.92. The maximum absolute atomic E-state index is 11.9. The summed E-state index contributed by atoms with van der Waals surface area (Å²) in [5.41, 5.74) is -0.896. The molecule has 7 heteroatoms.